The first kappa shape index (κ1) is 45.5. The molecule has 52 heavy (non-hydrogen) atoms. The summed E-state index contributed by atoms with van der Waals surface area (Å²) in [5.41, 5.74) is -11.2. The van der Waals surface area contributed by atoms with E-state index in [1.165, 1.54) is 5.32 Å². The molecule has 0 aromatic heterocycles. The third-order valence-corrected chi connectivity index (χ3v) is 6.36. The summed E-state index contributed by atoms with van der Waals surface area (Å²) in [4.78, 5) is 49.7. The van der Waals surface area contributed by atoms with Crippen LogP contribution in [0.25, 0.3) is 0 Å². The molecule has 0 saturated carbocycles. The van der Waals surface area contributed by atoms with Gasteiger partial charge < -0.3 is 10.1 Å². The highest BCUT2D eigenvalue weighted by Crippen LogP contribution is 2.67. The van der Waals surface area contributed by atoms with Crippen LogP contribution in [0.2, 0.25) is 0 Å². The zero-order chi connectivity index (χ0) is 41.7. The molecule has 1 amide bonds. The molecule has 0 unspecified atom stereocenters. The number of benzene rings is 1. The molecule has 0 bridgehead atoms. The van der Waals surface area contributed by atoms with Gasteiger partial charge in [0.1, 0.15) is 11.4 Å². The number of halogens is 21. The number of carbonyl (C=O) groups is 2. The molecule has 8 nitrogen and oxygen atoms in total. The first-order valence-electron chi connectivity index (χ1n) is 12.1. The van der Waals surface area contributed by atoms with E-state index in [9.17, 15) is 93.8 Å². The fraction of sp³-hybridized carbons (Fsp3) is 0.565. The number of nitrogens with one attached hydrogen (secondary N) is 1. The molecular formula is C23H10F21N3O5. The van der Waals surface area contributed by atoms with E-state index in [2.05, 4.69) is 14.7 Å². The van der Waals surface area contributed by atoms with Gasteiger partial charge in [-0.3, -0.25) is 9.59 Å². The predicted molar refractivity (Wildman–Crippen MR) is 120 cm³/mol. The van der Waals surface area contributed by atoms with Gasteiger partial charge in [-0.25, -0.2) is 9.59 Å². The van der Waals surface area contributed by atoms with E-state index in [0.29, 0.717) is 19.9 Å². The Morgan fingerprint density at radius 2 is 1.00 bits per heavy atom. The molecule has 0 atom stereocenters. The molecule has 0 saturated heterocycles. The first-order valence-corrected chi connectivity index (χ1v) is 12.1. The number of hydrogen-bond donors (Lipinski definition) is 1. The Bertz CT molecular complexity index is 1680. The Labute approximate surface area is 270 Å². The fourth-order valence-electron chi connectivity index (χ4n) is 3.69. The second-order valence-corrected chi connectivity index (χ2v) is 9.67. The van der Waals surface area contributed by atoms with Crippen molar-refractivity contribution in [1.29, 1.82) is 0 Å². The highest BCUT2D eigenvalue weighted by molar-refractivity contribution is 6.00. The highest BCUT2D eigenvalue weighted by atomic mass is 19.4. The van der Waals surface area contributed by atoms with Crippen LogP contribution >= 0.6 is 0 Å². The molecule has 1 aromatic carbocycles. The van der Waals surface area contributed by atoms with Crippen molar-refractivity contribution in [3.63, 3.8) is 0 Å². The average Bonchev–Trinajstić information content (AvgIpc) is 2.96. The standard InChI is InChI=1S/C23H10F21N3O5/c1-7-3-9(45-4-48)12(46-5-49)11(10(7)13(51)47-6-52-8(2)50)14(24,25)15(26,27)16(28,29)17(30,31)18(32,33)19(34,35)20(36,37)21(38,39)22(40,41)23(42,43)44/h3H,6H2,1-2H3,(H,47,51). The van der Waals surface area contributed by atoms with Crippen LogP contribution in [0.5, 0.6) is 0 Å². The van der Waals surface area contributed by atoms with Gasteiger partial charge in [-0.2, -0.15) is 102 Å². The second kappa shape index (κ2) is 13.5. The van der Waals surface area contributed by atoms with E-state index >= 15 is 17.6 Å². The SMILES string of the molecule is CC(=O)OCNC(=O)c1c(C)cc(N=C=O)c(N=C=O)c1C(F)(F)C(F)(F)C(F)(F)C(F)(F)C(F)(F)C(F)(F)C(F)(F)C(F)(F)C(F)(F)C(F)(F)F. The lowest BCUT2D eigenvalue weighted by Gasteiger charge is -2.44. The molecule has 0 radical (unpaired) electrons. The van der Waals surface area contributed by atoms with Crippen LogP contribution in [0.15, 0.2) is 16.1 Å². The number of rotatable bonds is 14. The molecule has 1 rings (SSSR count). The van der Waals surface area contributed by atoms with Crippen molar-refractivity contribution < 1.29 is 116 Å². The molecule has 1 N–H and O–H groups in total. The van der Waals surface area contributed by atoms with E-state index in [4.69, 9.17) is 0 Å². The minimum absolute atomic E-state index is 0.111. The van der Waals surface area contributed by atoms with Crippen LogP contribution in [-0.2, 0) is 25.0 Å². The van der Waals surface area contributed by atoms with Crippen LogP contribution in [0.3, 0.4) is 0 Å². The summed E-state index contributed by atoms with van der Waals surface area (Å²) in [5.74, 6) is -84.2. The normalized spacial score (nSPS) is 14.3. The number of hydrogen-bond acceptors (Lipinski definition) is 7. The van der Waals surface area contributed by atoms with Gasteiger partial charge in [0.2, 0.25) is 12.2 Å². The maximum Gasteiger partial charge on any atom is 0.460 e. The summed E-state index contributed by atoms with van der Waals surface area (Å²) in [6.45, 7) is -0.560. The number of ether oxygens (including phenoxy) is 1. The lowest BCUT2D eigenvalue weighted by molar-refractivity contribution is -0.474. The van der Waals surface area contributed by atoms with Crippen molar-refractivity contribution in [2.75, 3.05) is 6.73 Å². The third-order valence-electron chi connectivity index (χ3n) is 6.36. The molecule has 0 fully saturated rings. The van der Waals surface area contributed by atoms with E-state index < -0.39 is 106 Å². The van der Waals surface area contributed by atoms with Crippen molar-refractivity contribution in [1.82, 2.24) is 5.32 Å². The number of carbonyl (C=O) groups excluding carboxylic acids is 4. The van der Waals surface area contributed by atoms with E-state index in [1.807, 2.05) is 0 Å². The number of isocyanates is 2. The predicted octanol–water partition coefficient (Wildman–Crippen LogP) is 7.92. The Morgan fingerprint density at radius 1 is 0.635 bits per heavy atom. The van der Waals surface area contributed by atoms with Gasteiger partial charge in [-0.15, -0.1) is 0 Å². The molecular weight excluding hydrogens is 797 g/mol. The summed E-state index contributed by atoms with van der Waals surface area (Å²) in [5, 5.41) is 1.26. The van der Waals surface area contributed by atoms with Crippen molar-refractivity contribution >= 4 is 35.4 Å². The van der Waals surface area contributed by atoms with Crippen LogP contribution < -0.4 is 5.32 Å². The molecule has 294 valence electrons. The first-order chi connectivity index (χ1) is 22.9. The summed E-state index contributed by atoms with van der Waals surface area (Å²) in [7, 11) is 0. The van der Waals surface area contributed by atoms with E-state index in [-0.39, 0.29) is 12.1 Å². The number of aliphatic imine (C=N–C) groups is 2. The number of esters is 1. The molecule has 0 spiro atoms. The van der Waals surface area contributed by atoms with Gasteiger partial charge in [-0.1, -0.05) is 0 Å². The number of alkyl halides is 21. The lowest BCUT2D eigenvalue weighted by Crippen LogP contribution is -2.76. The summed E-state index contributed by atoms with van der Waals surface area (Å²) >= 11 is 0. The minimum Gasteiger partial charge on any atom is -0.445 e. The summed E-state index contributed by atoms with van der Waals surface area (Å²) < 4.78 is 297. The summed E-state index contributed by atoms with van der Waals surface area (Å²) in [6, 6.07) is 0.111. The largest absolute Gasteiger partial charge is 0.460 e. The van der Waals surface area contributed by atoms with Gasteiger partial charge in [0.05, 0.1) is 11.1 Å². The van der Waals surface area contributed by atoms with Crippen molar-refractivity contribution in [3.05, 3.63) is 22.8 Å². The smallest absolute Gasteiger partial charge is 0.445 e. The van der Waals surface area contributed by atoms with Gasteiger partial charge in [0, 0.05) is 6.92 Å². The van der Waals surface area contributed by atoms with Gasteiger partial charge in [-0.05, 0) is 18.6 Å². The monoisotopic (exact) mass is 807 g/mol. The number of amides is 1. The Balaban J connectivity index is 4.30. The maximum atomic E-state index is 15.5. The van der Waals surface area contributed by atoms with Crippen molar-refractivity contribution in [2.45, 2.75) is 73.3 Å². The van der Waals surface area contributed by atoms with Crippen molar-refractivity contribution in [2.24, 2.45) is 9.98 Å². The third kappa shape index (κ3) is 6.40. The average molecular weight is 807 g/mol. The number of nitrogens with zero attached hydrogens (tertiary/aromatic N) is 2. The fourth-order valence-corrected chi connectivity index (χ4v) is 3.69. The molecule has 1 aromatic rings. The Morgan fingerprint density at radius 3 is 1.35 bits per heavy atom. The molecule has 29 heteroatoms. The van der Waals surface area contributed by atoms with Crippen LogP contribution in [-0.4, -0.2) is 84.3 Å². The van der Waals surface area contributed by atoms with E-state index in [1.54, 1.807) is 0 Å². The lowest BCUT2D eigenvalue weighted by atomic mass is 9.83. The van der Waals surface area contributed by atoms with Gasteiger partial charge >= 0.3 is 65.4 Å². The minimum atomic E-state index is -9.45. The quantitative estimate of drug-likeness (QED) is 0.0675. The zero-order valence-corrected chi connectivity index (χ0v) is 24.2. The van der Waals surface area contributed by atoms with E-state index in [0.717, 1.165) is 0 Å². The molecule has 0 aliphatic carbocycles. The number of aryl methyl sites for hydroxylation is 1. The van der Waals surface area contributed by atoms with Gasteiger partial charge in [0.15, 0.2) is 6.73 Å². The summed E-state index contributed by atoms with van der Waals surface area (Å²) in [6.07, 6.45) is -7.48. The zero-order valence-electron chi connectivity index (χ0n) is 24.2. The Kier molecular flexibility index (Phi) is 11.8. The van der Waals surface area contributed by atoms with Crippen LogP contribution in [0.4, 0.5) is 104 Å². The Hall–Kier alpha value is -4.55. The maximum absolute atomic E-state index is 15.5. The highest BCUT2D eigenvalue weighted by Gasteiger charge is 2.98. The molecule has 0 aliphatic heterocycles. The van der Waals surface area contributed by atoms with Gasteiger partial charge in [0.25, 0.3) is 5.91 Å². The second-order valence-electron chi connectivity index (χ2n) is 9.67. The van der Waals surface area contributed by atoms with Crippen LogP contribution in [0, 0.1) is 6.92 Å². The molecule has 0 aliphatic rings. The van der Waals surface area contributed by atoms with Crippen LogP contribution in [0.1, 0.15) is 28.4 Å². The molecule has 0 heterocycles. The topological polar surface area (TPSA) is 114 Å². The van der Waals surface area contributed by atoms with Crippen molar-refractivity contribution in [3.8, 4) is 0 Å².